The zero-order valence-corrected chi connectivity index (χ0v) is 20.6. The molecule has 1 aliphatic carbocycles. The largest absolute Gasteiger partial charge is 0.474 e. The number of pyridine rings is 1. The average molecular weight is 529 g/mol. The van der Waals surface area contributed by atoms with E-state index in [0.717, 1.165) is 56.8 Å². The number of guanidine groups is 1. The lowest BCUT2D eigenvalue weighted by molar-refractivity contribution is -0.128. The Morgan fingerprint density at radius 2 is 1.97 bits per heavy atom. The maximum Gasteiger partial charge on any atom is 0.241 e. The fourth-order valence-electron chi connectivity index (χ4n) is 3.88. The molecule has 0 radical (unpaired) electrons. The molecule has 1 saturated carbocycles. The Balaban J connectivity index is 0.00000320. The van der Waals surface area contributed by atoms with Crippen LogP contribution in [-0.2, 0) is 11.3 Å². The van der Waals surface area contributed by atoms with Crippen molar-refractivity contribution in [3.8, 4) is 5.88 Å². The molecule has 30 heavy (non-hydrogen) atoms. The van der Waals surface area contributed by atoms with Crippen LogP contribution in [0.4, 0.5) is 0 Å². The smallest absolute Gasteiger partial charge is 0.241 e. The minimum atomic E-state index is 0. The fraction of sp³-hybridized carbons (Fsp3) is 0.682. The number of aromatic nitrogens is 1. The second kappa shape index (κ2) is 13.0. The van der Waals surface area contributed by atoms with Gasteiger partial charge < -0.3 is 20.3 Å². The van der Waals surface area contributed by atoms with Crippen LogP contribution in [0.1, 0.15) is 57.9 Å². The Bertz CT molecular complexity index is 686. The Morgan fingerprint density at radius 1 is 1.23 bits per heavy atom. The molecule has 1 aromatic rings. The number of amides is 1. The van der Waals surface area contributed by atoms with Crippen LogP contribution in [0.3, 0.4) is 0 Å². The number of rotatable bonds is 7. The minimum Gasteiger partial charge on any atom is -0.474 e. The highest BCUT2D eigenvalue weighted by molar-refractivity contribution is 14.0. The monoisotopic (exact) mass is 529 g/mol. The molecular weight excluding hydrogens is 493 g/mol. The van der Waals surface area contributed by atoms with Gasteiger partial charge in [-0.2, -0.15) is 0 Å². The third-order valence-corrected chi connectivity index (χ3v) is 5.68. The number of nitrogens with zero attached hydrogens (tertiary/aromatic N) is 3. The van der Waals surface area contributed by atoms with Gasteiger partial charge in [-0.15, -0.1) is 24.0 Å². The van der Waals surface area contributed by atoms with Crippen LogP contribution < -0.4 is 15.4 Å². The van der Waals surface area contributed by atoms with Crippen molar-refractivity contribution in [2.45, 2.75) is 65.0 Å². The average Bonchev–Trinajstić information content (AvgIpc) is 3.27. The van der Waals surface area contributed by atoms with E-state index in [2.05, 4.69) is 27.5 Å². The molecule has 1 amide bonds. The van der Waals surface area contributed by atoms with E-state index in [1.165, 1.54) is 12.8 Å². The Morgan fingerprint density at radius 3 is 2.67 bits per heavy atom. The van der Waals surface area contributed by atoms with E-state index in [1.807, 2.05) is 24.0 Å². The van der Waals surface area contributed by atoms with Crippen molar-refractivity contribution in [2.24, 2.45) is 10.9 Å². The van der Waals surface area contributed by atoms with Crippen molar-refractivity contribution in [3.63, 3.8) is 0 Å². The predicted molar refractivity (Wildman–Crippen MR) is 130 cm³/mol. The molecule has 2 fully saturated rings. The summed E-state index contributed by atoms with van der Waals surface area (Å²) in [6, 6.07) is 3.93. The van der Waals surface area contributed by atoms with Crippen molar-refractivity contribution in [1.82, 2.24) is 20.5 Å². The lowest BCUT2D eigenvalue weighted by Crippen LogP contribution is -2.44. The summed E-state index contributed by atoms with van der Waals surface area (Å²) in [4.78, 5) is 23.1. The molecule has 1 aliphatic heterocycles. The quantitative estimate of drug-likeness (QED) is 0.322. The van der Waals surface area contributed by atoms with Crippen molar-refractivity contribution in [3.05, 3.63) is 23.9 Å². The van der Waals surface area contributed by atoms with Gasteiger partial charge in [-0.05, 0) is 63.0 Å². The molecule has 168 valence electrons. The van der Waals surface area contributed by atoms with Gasteiger partial charge in [0.2, 0.25) is 11.8 Å². The Kier molecular flexibility index (Phi) is 10.7. The highest BCUT2D eigenvalue weighted by Crippen LogP contribution is 2.26. The first-order chi connectivity index (χ1) is 14.1. The molecule has 0 atom stereocenters. The van der Waals surface area contributed by atoms with Gasteiger partial charge in [0.15, 0.2) is 5.96 Å². The molecule has 2 heterocycles. The number of carbonyl (C=O) groups excluding carboxylic acids is 1. The molecule has 3 rings (SSSR count). The zero-order chi connectivity index (χ0) is 20.5. The van der Waals surface area contributed by atoms with Crippen LogP contribution >= 0.6 is 24.0 Å². The normalized spacial score (nSPS) is 21.7. The van der Waals surface area contributed by atoms with E-state index in [0.29, 0.717) is 18.4 Å². The number of ether oxygens (including phenoxy) is 1. The summed E-state index contributed by atoms with van der Waals surface area (Å²) in [5, 5.41) is 6.36. The first kappa shape index (κ1) is 24.7. The topological polar surface area (TPSA) is 78.9 Å². The van der Waals surface area contributed by atoms with Crippen LogP contribution in [0.25, 0.3) is 0 Å². The zero-order valence-electron chi connectivity index (χ0n) is 18.2. The second-order valence-electron chi connectivity index (χ2n) is 8.14. The van der Waals surface area contributed by atoms with E-state index in [-0.39, 0.29) is 42.5 Å². The molecule has 2 aliphatic rings. The Labute approximate surface area is 197 Å². The van der Waals surface area contributed by atoms with Gasteiger partial charge >= 0.3 is 0 Å². The third kappa shape index (κ3) is 7.92. The fourth-order valence-corrected chi connectivity index (χ4v) is 3.88. The van der Waals surface area contributed by atoms with E-state index in [1.54, 1.807) is 6.20 Å². The van der Waals surface area contributed by atoms with E-state index in [4.69, 9.17) is 4.74 Å². The van der Waals surface area contributed by atoms with Crippen molar-refractivity contribution in [1.29, 1.82) is 0 Å². The van der Waals surface area contributed by atoms with Crippen molar-refractivity contribution in [2.75, 3.05) is 26.2 Å². The second-order valence-corrected chi connectivity index (χ2v) is 8.14. The van der Waals surface area contributed by atoms with E-state index >= 15 is 0 Å². The van der Waals surface area contributed by atoms with Gasteiger partial charge in [0.25, 0.3) is 0 Å². The standard InChI is InChI=1S/C22H35N5O2.HI/c1-3-23-22(26-16-21(28)27-12-4-5-13-27)25-15-18-10-11-24-20(14-18)29-19-8-6-17(2)7-9-19;/h10-11,14,17,19H,3-9,12-13,15-16H2,1-2H3,(H2,23,25,26);1H. The van der Waals surface area contributed by atoms with Gasteiger partial charge in [-0.3, -0.25) is 4.79 Å². The summed E-state index contributed by atoms with van der Waals surface area (Å²) in [5.74, 6) is 2.27. The van der Waals surface area contributed by atoms with Crippen LogP contribution in [-0.4, -0.2) is 54.0 Å². The molecule has 0 spiro atoms. The van der Waals surface area contributed by atoms with E-state index < -0.39 is 0 Å². The van der Waals surface area contributed by atoms with Gasteiger partial charge in [0.1, 0.15) is 6.10 Å². The molecule has 2 N–H and O–H groups in total. The number of aliphatic imine (C=N–C) groups is 1. The van der Waals surface area contributed by atoms with Crippen LogP contribution in [0.2, 0.25) is 0 Å². The first-order valence-electron chi connectivity index (χ1n) is 11.1. The number of hydrogen-bond donors (Lipinski definition) is 2. The van der Waals surface area contributed by atoms with Gasteiger partial charge in [-0.1, -0.05) is 6.92 Å². The van der Waals surface area contributed by atoms with Crippen LogP contribution in [0.5, 0.6) is 5.88 Å². The number of halogens is 1. The molecule has 8 heteroatoms. The highest BCUT2D eigenvalue weighted by atomic mass is 127. The Hall–Kier alpha value is -1.58. The molecule has 7 nitrogen and oxygen atoms in total. The molecule has 0 bridgehead atoms. The molecule has 1 saturated heterocycles. The number of nitrogens with one attached hydrogen (secondary N) is 2. The van der Waals surface area contributed by atoms with Gasteiger partial charge in [-0.25, -0.2) is 9.98 Å². The predicted octanol–water partition coefficient (Wildman–Crippen LogP) is 3.33. The summed E-state index contributed by atoms with van der Waals surface area (Å²) < 4.78 is 6.09. The molecular formula is C22H36IN5O2. The SMILES string of the molecule is CCNC(=NCc1ccnc(OC2CCC(C)CC2)c1)NCC(=O)N1CCCC1.I. The third-order valence-electron chi connectivity index (χ3n) is 5.68. The number of carbonyl (C=O) groups is 1. The summed E-state index contributed by atoms with van der Waals surface area (Å²) in [7, 11) is 0. The van der Waals surface area contributed by atoms with Crippen molar-refractivity contribution >= 4 is 35.8 Å². The maximum atomic E-state index is 12.2. The van der Waals surface area contributed by atoms with Gasteiger partial charge in [0, 0.05) is 31.9 Å². The number of likely N-dealkylation sites (tertiary alicyclic amines) is 1. The summed E-state index contributed by atoms with van der Waals surface area (Å²) >= 11 is 0. The van der Waals surface area contributed by atoms with E-state index in [9.17, 15) is 4.79 Å². The maximum absolute atomic E-state index is 12.2. The minimum absolute atomic E-state index is 0. The molecule has 0 aromatic carbocycles. The van der Waals surface area contributed by atoms with Crippen molar-refractivity contribution < 1.29 is 9.53 Å². The summed E-state index contributed by atoms with van der Waals surface area (Å²) in [5.41, 5.74) is 1.04. The van der Waals surface area contributed by atoms with Crippen LogP contribution in [0.15, 0.2) is 23.3 Å². The lowest BCUT2D eigenvalue weighted by atomic mass is 9.89. The lowest BCUT2D eigenvalue weighted by Gasteiger charge is -2.26. The number of hydrogen-bond acceptors (Lipinski definition) is 4. The van der Waals surface area contributed by atoms with Crippen LogP contribution in [0, 0.1) is 5.92 Å². The first-order valence-corrected chi connectivity index (χ1v) is 11.1. The highest BCUT2D eigenvalue weighted by Gasteiger charge is 2.20. The molecule has 1 aromatic heterocycles. The summed E-state index contributed by atoms with van der Waals surface area (Å²) in [6.07, 6.45) is 8.91. The summed E-state index contributed by atoms with van der Waals surface area (Å²) in [6.45, 7) is 7.59. The van der Waals surface area contributed by atoms with Gasteiger partial charge in [0.05, 0.1) is 13.1 Å². The molecule has 0 unspecified atom stereocenters.